The van der Waals surface area contributed by atoms with Crippen molar-refractivity contribution >= 4 is 29.9 Å². The zero-order valence-corrected chi connectivity index (χ0v) is 18.7. The van der Waals surface area contributed by atoms with E-state index in [1.165, 1.54) is 0 Å². The van der Waals surface area contributed by atoms with Gasteiger partial charge in [-0.15, -0.1) is 34.2 Å². The van der Waals surface area contributed by atoms with Crippen LogP contribution in [0.5, 0.6) is 0 Å². The third-order valence-electron chi connectivity index (χ3n) is 3.77. The third-order valence-corrected chi connectivity index (χ3v) is 3.77. The lowest BCUT2D eigenvalue weighted by atomic mass is 10.1. The normalized spacial score (nSPS) is 11.8. The standard InChI is InChI=1S/C18H25F3N6O.HI/c1-3-22-17(24-10-16-26-25-13-27(16)4-2)23-9-14-5-7-15(8-6-14)11-28-12-18(19,20)21;/h5-8,13H,3-4,9-12H2,1-2H3,(H2,22,23,24);1H. The Morgan fingerprint density at radius 2 is 1.83 bits per heavy atom. The van der Waals surface area contributed by atoms with Crippen LogP contribution in [0.1, 0.15) is 30.8 Å². The van der Waals surface area contributed by atoms with Crippen molar-refractivity contribution in [1.29, 1.82) is 0 Å². The molecule has 29 heavy (non-hydrogen) atoms. The number of hydrogen-bond donors (Lipinski definition) is 2. The lowest BCUT2D eigenvalue weighted by Gasteiger charge is -2.11. The molecule has 0 radical (unpaired) electrons. The Morgan fingerprint density at radius 3 is 2.45 bits per heavy atom. The molecular weight excluding hydrogens is 500 g/mol. The summed E-state index contributed by atoms with van der Waals surface area (Å²) in [5, 5.41) is 14.3. The van der Waals surface area contributed by atoms with E-state index in [1.807, 2.05) is 30.5 Å². The second kappa shape index (κ2) is 12.6. The zero-order chi connectivity index (χ0) is 20.4. The van der Waals surface area contributed by atoms with Crippen molar-refractivity contribution < 1.29 is 17.9 Å². The Kier molecular flexibility index (Phi) is 10.9. The Balaban J connectivity index is 0.00000420. The summed E-state index contributed by atoms with van der Waals surface area (Å²) >= 11 is 0. The minimum Gasteiger partial charge on any atom is -0.367 e. The number of ether oxygens (including phenoxy) is 1. The molecule has 0 saturated carbocycles. The van der Waals surface area contributed by atoms with E-state index in [2.05, 4.69) is 30.6 Å². The summed E-state index contributed by atoms with van der Waals surface area (Å²) in [6.07, 6.45) is -2.63. The van der Waals surface area contributed by atoms with E-state index in [9.17, 15) is 13.2 Å². The number of alkyl halides is 3. The second-order valence-corrected chi connectivity index (χ2v) is 6.01. The maximum absolute atomic E-state index is 12.1. The van der Waals surface area contributed by atoms with Gasteiger partial charge >= 0.3 is 6.18 Å². The third kappa shape index (κ3) is 9.43. The summed E-state index contributed by atoms with van der Waals surface area (Å²) < 4.78 is 42.9. The predicted octanol–water partition coefficient (Wildman–Crippen LogP) is 3.25. The van der Waals surface area contributed by atoms with Gasteiger partial charge in [0, 0.05) is 13.1 Å². The molecule has 1 heterocycles. The van der Waals surface area contributed by atoms with Gasteiger partial charge in [0.2, 0.25) is 0 Å². The minimum absolute atomic E-state index is 0. The van der Waals surface area contributed by atoms with E-state index in [1.54, 1.807) is 18.5 Å². The first-order chi connectivity index (χ1) is 13.4. The maximum atomic E-state index is 12.1. The van der Waals surface area contributed by atoms with Crippen LogP contribution in [0.3, 0.4) is 0 Å². The molecule has 162 valence electrons. The minimum atomic E-state index is -4.31. The highest BCUT2D eigenvalue weighted by molar-refractivity contribution is 14.0. The monoisotopic (exact) mass is 526 g/mol. The fraction of sp³-hybridized carbons (Fsp3) is 0.500. The van der Waals surface area contributed by atoms with E-state index >= 15 is 0 Å². The number of halogens is 4. The van der Waals surface area contributed by atoms with Gasteiger partial charge in [-0.25, -0.2) is 4.99 Å². The number of aliphatic imine (C=N–C) groups is 1. The van der Waals surface area contributed by atoms with Crippen LogP contribution in [0.4, 0.5) is 13.2 Å². The number of benzene rings is 1. The molecule has 2 aromatic rings. The van der Waals surface area contributed by atoms with Crippen molar-refractivity contribution in [3.05, 3.63) is 47.5 Å². The summed E-state index contributed by atoms with van der Waals surface area (Å²) in [7, 11) is 0. The van der Waals surface area contributed by atoms with E-state index in [0.29, 0.717) is 31.2 Å². The van der Waals surface area contributed by atoms with Crippen molar-refractivity contribution in [2.75, 3.05) is 13.2 Å². The van der Waals surface area contributed by atoms with Crippen molar-refractivity contribution in [1.82, 2.24) is 25.4 Å². The first kappa shape index (κ1) is 25.1. The molecule has 0 saturated heterocycles. The van der Waals surface area contributed by atoms with Crippen LogP contribution in [0.15, 0.2) is 35.6 Å². The lowest BCUT2D eigenvalue weighted by Crippen LogP contribution is -2.37. The molecule has 7 nitrogen and oxygen atoms in total. The van der Waals surface area contributed by atoms with Crippen LogP contribution in [-0.2, 0) is 31.0 Å². The van der Waals surface area contributed by atoms with Crippen LogP contribution in [0.2, 0.25) is 0 Å². The van der Waals surface area contributed by atoms with E-state index in [4.69, 9.17) is 0 Å². The number of hydrogen-bond acceptors (Lipinski definition) is 4. The van der Waals surface area contributed by atoms with Gasteiger partial charge in [0.05, 0.1) is 19.7 Å². The highest BCUT2D eigenvalue weighted by Gasteiger charge is 2.27. The summed E-state index contributed by atoms with van der Waals surface area (Å²) in [4.78, 5) is 4.52. The van der Waals surface area contributed by atoms with Crippen LogP contribution >= 0.6 is 24.0 Å². The Morgan fingerprint density at radius 1 is 1.14 bits per heavy atom. The van der Waals surface area contributed by atoms with Crippen LogP contribution in [0, 0.1) is 0 Å². The van der Waals surface area contributed by atoms with Crippen LogP contribution in [0.25, 0.3) is 0 Å². The Bertz CT molecular complexity index is 749. The second-order valence-electron chi connectivity index (χ2n) is 6.01. The molecule has 1 aromatic heterocycles. The SMILES string of the molecule is CCNC(=NCc1ccc(COCC(F)(F)F)cc1)NCc1nncn1CC.I. The summed E-state index contributed by atoms with van der Waals surface area (Å²) in [5.41, 5.74) is 1.62. The molecule has 0 spiro atoms. The first-order valence-electron chi connectivity index (χ1n) is 9.02. The summed E-state index contributed by atoms with van der Waals surface area (Å²) in [6.45, 7) is 5.09. The molecule has 0 amide bonds. The number of nitrogens with zero attached hydrogens (tertiary/aromatic N) is 4. The molecule has 1 aromatic carbocycles. The molecular formula is C18H26F3IN6O. The first-order valence-corrected chi connectivity index (χ1v) is 9.02. The van der Waals surface area contributed by atoms with Crippen molar-refractivity contribution in [2.24, 2.45) is 4.99 Å². The van der Waals surface area contributed by atoms with Gasteiger partial charge in [-0.1, -0.05) is 24.3 Å². The molecule has 2 rings (SSSR count). The van der Waals surface area contributed by atoms with Crippen molar-refractivity contribution in [3.63, 3.8) is 0 Å². The molecule has 0 atom stereocenters. The number of rotatable bonds is 9. The average Bonchev–Trinajstić information content (AvgIpc) is 3.11. The molecule has 0 aliphatic heterocycles. The van der Waals surface area contributed by atoms with Crippen molar-refractivity contribution in [3.8, 4) is 0 Å². The number of nitrogens with one attached hydrogen (secondary N) is 2. The van der Waals surface area contributed by atoms with Gasteiger partial charge in [-0.2, -0.15) is 13.2 Å². The van der Waals surface area contributed by atoms with E-state index in [0.717, 1.165) is 17.9 Å². The van der Waals surface area contributed by atoms with Gasteiger partial charge in [0.25, 0.3) is 0 Å². The van der Waals surface area contributed by atoms with Gasteiger partial charge in [-0.05, 0) is 25.0 Å². The van der Waals surface area contributed by atoms with Gasteiger partial charge in [0.15, 0.2) is 11.8 Å². The molecule has 0 fully saturated rings. The highest BCUT2D eigenvalue weighted by Crippen LogP contribution is 2.16. The maximum Gasteiger partial charge on any atom is 0.411 e. The molecule has 0 aliphatic carbocycles. The molecule has 11 heteroatoms. The van der Waals surface area contributed by atoms with Crippen molar-refractivity contribution in [2.45, 2.75) is 46.3 Å². The van der Waals surface area contributed by atoms with Crippen LogP contribution in [-0.4, -0.2) is 40.1 Å². The van der Waals surface area contributed by atoms with Crippen LogP contribution < -0.4 is 10.6 Å². The number of aromatic nitrogens is 3. The average molecular weight is 526 g/mol. The molecule has 0 aliphatic rings. The zero-order valence-electron chi connectivity index (χ0n) is 16.4. The highest BCUT2D eigenvalue weighted by atomic mass is 127. The fourth-order valence-electron chi connectivity index (χ4n) is 2.38. The van der Waals surface area contributed by atoms with Gasteiger partial charge in [0.1, 0.15) is 12.9 Å². The summed E-state index contributed by atoms with van der Waals surface area (Å²) in [6, 6.07) is 7.14. The Hall–Kier alpha value is -1.89. The van der Waals surface area contributed by atoms with Gasteiger partial charge in [-0.3, -0.25) is 0 Å². The van der Waals surface area contributed by atoms with Gasteiger partial charge < -0.3 is 19.9 Å². The fourth-order valence-corrected chi connectivity index (χ4v) is 2.38. The quantitative estimate of drug-likeness (QED) is 0.298. The topological polar surface area (TPSA) is 76.4 Å². The number of aryl methyl sites for hydroxylation is 1. The van der Waals surface area contributed by atoms with E-state index in [-0.39, 0.29) is 30.6 Å². The molecule has 0 bridgehead atoms. The lowest BCUT2D eigenvalue weighted by molar-refractivity contribution is -0.176. The van der Waals surface area contributed by atoms with E-state index < -0.39 is 12.8 Å². The molecule has 2 N–H and O–H groups in total. The smallest absolute Gasteiger partial charge is 0.367 e. The summed E-state index contributed by atoms with van der Waals surface area (Å²) in [5.74, 6) is 1.46. The largest absolute Gasteiger partial charge is 0.411 e. The predicted molar refractivity (Wildman–Crippen MR) is 115 cm³/mol. The molecule has 0 unspecified atom stereocenters. The Labute approximate surface area is 185 Å². The number of guanidine groups is 1.